The van der Waals surface area contributed by atoms with Gasteiger partial charge in [-0.3, -0.25) is 4.68 Å². The zero-order chi connectivity index (χ0) is 13.5. The Balaban J connectivity index is 2.50. The molecule has 0 unspecified atom stereocenters. The molecule has 2 rings (SSSR count). The Morgan fingerprint density at radius 2 is 1.89 bits per heavy atom. The first kappa shape index (κ1) is 12.5. The van der Waals surface area contributed by atoms with E-state index in [-0.39, 0.29) is 11.1 Å². The Hall–Kier alpha value is -1.91. The molecule has 0 aliphatic heterocycles. The lowest BCUT2D eigenvalue weighted by Crippen LogP contribution is -2.21. The molecule has 5 heteroatoms. The second-order valence-corrected chi connectivity index (χ2v) is 5.17. The highest BCUT2D eigenvalue weighted by atomic mass is 19.1. The second-order valence-electron chi connectivity index (χ2n) is 5.17. The number of rotatable bonds is 1. The predicted octanol–water partition coefficient (Wildman–Crippen LogP) is 3.17. The molecule has 0 aliphatic rings. The summed E-state index contributed by atoms with van der Waals surface area (Å²) in [6.07, 6.45) is 3.26. The Morgan fingerprint density at radius 1 is 1.22 bits per heavy atom. The van der Waals surface area contributed by atoms with Gasteiger partial charge in [-0.15, -0.1) is 0 Å². The van der Waals surface area contributed by atoms with Gasteiger partial charge in [-0.1, -0.05) is 0 Å². The molecule has 18 heavy (non-hydrogen) atoms. The van der Waals surface area contributed by atoms with Crippen LogP contribution in [0.5, 0.6) is 0 Å². The van der Waals surface area contributed by atoms with E-state index in [1.807, 2.05) is 20.8 Å². The van der Waals surface area contributed by atoms with Crippen molar-refractivity contribution in [2.45, 2.75) is 26.3 Å². The van der Waals surface area contributed by atoms with Gasteiger partial charge in [-0.2, -0.15) is 5.10 Å². The van der Waals surface area contributed by atoms with E-state index in [9.17, 15) is 8.78 Å². The Labute approximate surface area is 104 Å². The molecule has 0 bridgehead atoms. The molecule has 0 amide bonds. The van der Waals surface area contributed by atoms with Gasteiger partial charge in [0.25, 0.3) is 0 Å². The fourth-order valence-corrected chi connectivity index (χ4v) is 1.62. The molecule has 3 nitrogen and oxygen atoms in total. The highest BCUT2D eigenvalue weighted by Gasteiger charge is 2.17. The number of benzene rings is 1. The van der Waals surface area contributed by atoms with Crippen molar-refractivity contribution < 1.29 is 8.78 Å². The SMILES string of the molecule is CC(C)(C)n1cc(-c2ccc(F)c(N)c2F)cn1. The number of anilines is 1. The van der Waals surface area contributed by atoms with Crippen molar-refractivity contribution in [2.75, 3.05) is 5.73 Å². The van der Waals surface area contributed by atoms with Gasteiger partial charge in [0.05, 0.1) is 11.7 Å². The molecule has 96 valence electrons. The number of nitrogens with two attached hydrogens (primary N) is 1. The highest BCUT2D eigenvalue weighted by Crippen LogP contribution is 2.28. The van der Waals surface area contributed by atoms with Crippen molar-refractivity contribution in [1.29, 1.82) is 0 Å². The van der Waals surface area contributed by atoms with Crippen LogP contribution < -0.4 is 5.73 Å². The molecule has 0 saturated carbocycles. The van der Waals surface area contributed by atoms with Crippen LogP contribution in [0, 0.1) is 11.6 Å². The summed E-state index contributed by atoms with van der Waals surface area (Å²) in [7, 11) is 0. The Kier molecular flexibility index (Phi) is 2.84. The van der Waals surface area contributed by atoms with Gasteiger partial charge in [0.2, 0.25) is 0 Å². The lowest BCUT2D eigenvalue weighted by Gasteiger charge is -2.18. The average molecular weight is 251 g/mol. The minimum Gasteiger partial charge on any atom is -0.394 e. The number of nitrogen functional groups attached to an aromatic ring is 1. The van der Waals surface area contributed by atoms with Crippen LogP contribution in [0.25, 0.3) is 11.1 Å². The Bertz CT molecular complexity index is 582. The van der Waals surface area contributed by atoms with Crippen LogP contribution in [-0.4, -0.2) is 9.78 Å². The van der Waals surface area contributed by atoms with Gasteiger partial charge < -0.3 is 5.73 Å². The van der Waals surface area contributed by atoms with Crippen LogP contribution in [-0.2, 0) is 5.54 Å². The molecule has 0 radical (unpaired) electrons. The van der Waals surface area contributed by atoms with Crippen LogP contribution in [0.3, 0.4) is 0 Å². The van der Waals surface area contributed by atoms with Crippen molar-refractivity contribution >= 4 is 5.69 Å². The number of nitrogens with zero attached hydrogens (tertiary/aromatic N) is 2. The van der Waals surface area contributed by atoms with Crippen molar-refractivity contribution in [3.05, 3.63) is 36.2 Å². The van der Waals surface area contributed by atoms with Crippen LogP contribution in [0.4, 0.5) is 14.5 Å². The number of hydrogen-bond acceptors (Lipinski definition) is 2. The van der Waals surface area contributed by atoms with Crippen LogP contribution in [0.15, 0.2) is 24.5 Å². The maximum atomic E-state index is 13.9. The van der Waals surface area contributed by atoms with Crippen LogP contribution in [0.2, 0.25) is 0 Å². The zero-order valence-corrected chi connectivity index (χ0v) is 10.5. The van der Waals surface area contributed by atoms with Crippen molar-refractivity contribution in [3.8, 4) is 11.1 Å². The van der Waals surface area contributed by atoms with Gasteiger partial charge >= 0.3 is 0 Å². The summed E-state index contributed by atoms with van der Waals surface area (Å²) in [6.45, 7) is 5.96. The monoisotopic (exact) mass is 251 g/mol. The topological polar surface area (TPSA) is 43.8 Å². The third-order valence-corrected chi connectivity index (χ3v) is 2.71. The van der Waals surface area contributed by atoms with E-state index in [1.165, 1.54) is 6.07 Å². The number of halogens is 2. The maximum absolute atomic E-state index is 13.9. The van der Waals surface area contributed by atoms with E-state index in [4.69, 9.17) is 5.73 Å². The van der Waals surface area contributed by atoms with Crippen LogP contribution >= 0.6 is 0 Å². The smallest absolute Gasteiger partial charge is 0.157 e. The van der Waals surface area contributed by atoms with Crippen molar-refractivity contribution in [3.63, 3.8) is 0 Å². The molecule has 2 aromatic rings. The molecule has 1 aromatic carbocycles. The summed E-state index contributed by atoms with van der Waals surface area (Å²) in [5.74, 6) is -1.50. The van der Waals surface area contributed by atoms with Crippen molar-refractivity contribution in [2.24, 2.45) is 0 Å². The molecule has 1 heterocycles. The van der Waals surface area contributed by atoms with E-state index in [2.05, 4.69) is 5.10 Å². The normalized spacial score (nSPS) is 11.8. The van der Waals surface area contributed by atoms with E-state index >= 15 is 0 Å². The number of aromatic nitrogens is 2. The first-order chi connectivity index (χ1) is 8.30. The quantitative estimate of drug-likeness (QED) is 0.791. The predicted molar refractivity (Wildman–Crippen MR) is 67.0 cm³/mol. The van der Waals surface area contributed by atoms with Gasteiger partial charge in [-0.05, 0) is 32.9 Å². The summed E-state index contributed by atoms with van der Waals surface area (Å²) in [4.78, 5) is 0. The number of hydrogen-bond donors (Lipinski definition) is 1. The summed E-state index contributed by atoms with van der Waals surface area (Å²) in [5.41, 5.74) is 5.51. The largest absolute Gasteiger partial charge is 0.394 e. The third-order valence-electron chi connectivity index (χ3n) is 2.71. The zero-order valence-electron chi connectivity index (χ0n) is 10.5. The van der Waals surface area contributed by atoms with Gasteiger partial charge in [-0.25, -0.2) is 8.78 Å². The molecule has 0 atom stereocenters. The molecular formula is C13H15F2N3. The molecule has 0 saturated heterocycles. The Morgan fingerprint density at radius 3 is 2.44 bits per heavy atom. The van der Waals surface area contributed by atoms with E-state index in [0.29, 0.717) is 5.56 Å². The van der Waals surface area contributed by atoms with E-state index in [0.717, 1.165) is 6.07 Å². The standard InChI is InChI=1S/C13H15F2N3/c1-13(2,3)18-7-8(6-17-18)9-4-5-10(14)12(16)11(9)15/h4-7H,16H2,1-3H3. The molecular weight excluding hydrogens is 236 g/mol. The van der Waals surface area contributed by atoms with Gasteiger partial charge in [0.1, 0.15) is 11.5 Å². The fourth-order valence-electron chi connectivity index (χ4n) is 1.62. The molecule has 2 N–H and O–H groups in total. The minimum atomic E-state index is -0.750. The first-order valence-corrected chi connectivity index (χ1v) is 5.59. The summed E-state index contributed by atoms with van der Waals surface area (Å²) < 4.78 is 28.7. The highest BCUT2D eigenvalue weighted by molar-refractivity contribution is 5.67. The lowest BCUT2D eigenvalue weighted by atomic mass is 10.1. The molecule has 0 aliphatic carbocycles. The third kappa shape index (κ3) is 2.08. The molecule has 0 spiro atoms. The molecule has 1 aromatic heterocycles. The summed E-state index contributed by atoms with van der Waals surface area (Å²) in [5, 5.41) is 4.17. The van der Waals surface area contributed by atoms with Gasteiger partial charge in [0.15, 0.2) is 5.82 Å². The maximum Gasteiger partial charge on any atom is 0.157 e. The fraction of sp³-hybridized carbons (Fsp3) is 0.308. The van der Waals surface area contributed by atoms with E-state index < -0.39 is 17.3 Å². The first-order valence-electron chi connectivity index (χ1n) is 5.59. The van der Waals surface area contributed by atoms with Gasteiger partial charge in [0, 0.05) is 17.3 Å². The lowest BCUT2D eigenvalue weighted by molar-refractivity contribution is 0.355. The summed E-state index contributed by atoms with van der Waals surface area (Å²) >= 11 is 0. The summed E-state index contributed by atoms with van der Waals surface area (Å²) in [6, 6.07) is 2.52. The average Bonchev–Trinajstić information content (AvgIpc) is 2.75. The van der Waals surface area contributed by atoms with Crippen LogP contribution in [0.1, 0.15) is 20.8 Å². The second kappa shape index (κ2) is 4.08. The minimum absolute atomic E-state index is 0.194. The van der Waals surface area contributed by atoms with Crippen molar-refractivity contribution in [1.82, 2.24) is 9.78 Å². The van der Waals surface area contributed by atoms with E-state index in [1.54, 1.807) is 17.1 Å². The molecule has 0 fully saturated rings.